The highest BCUT2D eigenvalue weighted by Gasteiger charge is 2.29. The lowest BCUT2D eigenvalue weighted by atomic mass is 10.1. The SMILES string of the molecule is NC(CC(O)CF)C1CC1. The molecular weight excluding hydrogens is 133 g/mol. The lowest BCUT2D eigenvalue weighted by molar-refractivity contribution is 0.121. The minimum absolute atomic E-state index is 0.0192. The van der Waals surface area contributed by atoms with E-state index in [0.29, 0.717) is 12.3 Å². The van der Waals surface area contributed by atoms with Crippen LogP contribution in [0.3, 0.4) is 0 Å². The standard InChI is InChI=1S/C7H14FNO/c8-4-6(10)3-7(9)5-1-2-5/h5-7,10H,1-4,9H2. The van der Waals surface area contributed by atoms with Crippen LogP contribution in [0.4, 0.5) is 4.39 Å². The Bertz CT molecular complexity index is 106. The monoisotopic (exact) mass is 147 g/mol. The van der Waals surface area contributed by atoms with E-state index in [1.165, 1.54) is 0 Å². The second kappa shape index (κ2) is 3.30. The first-order chi connectivity index (χ1) is 4.74. The van der Waals surface area contributed by atoms with E-state index in [4.69, 9.17) is 10.8 Å². The second-order valence-corrected chi connectivity index (χ2v) is 3.05. The Morgan fingerprint density at radius 3 is 2.60 bits per heavy atom. The summed E-state index contributed by atoms with van der Waals surface area (Å²) in [4.78, 5) is 0. The third-order valence-electron chi connectivity index (χ3n) is 1.95. The first kappa shape index (κ1) is 7.95. The first-order valence-electron chi connectivity index (χ1n) is 3.73. The van der Waals surface area contributed by atoms with E-state index in [1.807, 2.05) is 0 Å². The molecular formula is C7H14FNO. The van der Waals surface area contributed by atoms with Crippen LogP contribution in [0, 0.1) is 5.92 Å². The molecule has 0 aromatic carbocycles. The minimum atomic E-state index is -0.837. The molecule has 0 bridgehead atoms. The zero-order valence-corrected chi connectivity index (χ0v) is 5.96. The van der Waals surface area contributed by atoms with E-state index in [9.17, 15) is 4.39 Å². The van der Waals surface area contributed by atoms with Gasteiger partial charge in [0, 0.05) is 6.04 Å². The maximum Gasteiger partial charge on any atom is 0.115 e. The molecule has 0 spiro atoms. The molecule has 3 N–H and O–H groups in total. The van der Waals surface area contributed by atoms with Crippen LogP contribution >= 0.6 is 0 Å². The van der Waals surface area contributed by atoms with E-state index in [1.54, 1.807) is 0 Å². The fourth-order valence-corrected chi connectivity index (χ4v) is 1.09. The number of alkyl halides is 1. The third kappa shape index (κ3) is 2.23. The zero-order valence-electron chi connectivity index (χ0n) is 5.96. The van der Waals surface area contributed by atoms with E-state index in [-0.39, 0.29) is 6.04 Å². The Morgan fingerprint density at radius 1 is 1.60 bits per heavy atom. The molecule has 0 aromatic heterocycles. The van der Waals surface area contributed by atoms with E-state index in [0.717, 1.165) is 12.8 Å². The first-order valence-corrected chi connectivity index (χ1v) is 3.73. The Labute approximate surface area is 60.2 Å². The predicted octanol–water partition coefficient (Wildman–Crippen LogP) is 0.444. The van der Waals surface area contributed by atoms with Gasteiger partial charge in [0.25, 0.3) is 0 Å². The molecule has 0 radical (unpaired) electrons. The highest BCUT2D eigenvalue weighted by atomic mass is 19.1. The summed E-state index contributed by atoms with van der Waals surface area (Å²) in [5, 5.41) is 8.85. The molecule has 60 valence electrons. The van der Waals surface area contributed by atoms with Crippen LogP contribution in [-0.4, -0.2) is 23.9 Å². The molecule has 0 amide bonds. The van der Waals surface area contributed by atoms with E-state index >= 15 is 0 Å². The fourth-order valence-electron chi connectivity index (χ4n) is 1.09. The van der Waals surface area contributed by atoms with Crippen LogP contribution in [0.2, 0.25) is 0 Å². The molecule has 10 heavy (non-hydrogen) atoms. The summed E-state index contributed by atoms with van der Waals surface area (Å²) in [7, 11) is 0. The van der Waals surface area contributed by atoms with Crippen molar-refractivity contribution in [2.45, 2.75) is 31.4 Å². The highest BCUT2D eigenvalue weighted by molar-refractivity contribution is 4.85. The molecule has 0 heterocycles. The van der Waals surface area contributed by atoms with Gasteiger partial charge in [-0.2, -0.15) is 0 Å². The van der Waals surface area contributed by atoms with Crippen LogP contribution in [0.15, 0.2) is 0 Å². The molecule has 2 atom stereocenters. The Kier molecular flexibility index (Phi) is 2.63. The Morgan fingerprint density at radius 2 is 2.20 bits per heavy atom. The number of hydrogen-bond donors (Lipinski definition) is 2. The van der Waals surface area contributed by atoms with Crippen LogP contribution in [0.25, 0.3) is 0 Å². The molecule has 0 aromatic rings. The zero-order chi connectivity index (χ0) is 7.56. The molecule has 1 aliphatic carbocycles. The fraction of sp³-hybridized carbons (Fsp3) is 1.00. The van der Waals surface area contributed by atoms with Crippen LogP contribution in [0.1, 0.15) is 19.3 Å². The van der Waals surface area contributed by atoms with Crippen molar-refractivity contribution < 1.29 is 9.50 Å². The van der Waals surface area contributed by atoms with Gasteiger partial charge in [-0.1, -0.05) is 0 Å². The number of rotatable bonds is 4. The number of nitrogens with two attached hydrogens (primary N) is 1. The van der Waals surface area contributed by atoms with Crippen molar-refractivity contribution in [3.8, 4) is 0 Å². The second-order valence-electron chi connectivity index (χ2n) is 3.05. The van der Waals surface area contributed by atoms with Crippen LogP contribution in [-0.2, 0) is 0 Å². The van der Waals surface area contributed by atoms with Gasteiger partial charge in [-0.25, -0.2) is 4.39 Å². The van der Waals surface area contributed by atoms with Crippen molar-refractivity contribution in [2.24, 2.45) is 11.7 Å². The third-order valence-corrected chi connectivity index (χ3v) is 1.95. The number of hydrogen-bond acceptors (Lipinski definition) is 2. The van der Waals surface area contributed by atoms with Crippen molar-refractivity contribution in [2.75, 3.05) is 6.67 Å². The van der Waals surface area contributed by atoms with Gasteiger partial charge in [0.15, 0.2) is 0 Å². The smallest absolute Gasteiger partial charge is 0.115 e. The molecule has 1 aliphatic rings. The average molecular weight is 147 g/mol. The predicted molar refractivity (Wildman–Crippen MR) is 37.3 cm³/mol. The summed E-state index contributed by atoms with van der Waals surface area (Å²) in [6.45, 7) is -0.666. The molecule has 0 aliphatic heterocycles. The largest absolute Gasteiger partial charge is 0.390 e. The van der Waals surface area contributed by atoms with Crippen molar-refractivity contribution in [3.63, 3.8) is 0 Å². The van der Waals surface area contributed by atoms with Crippen molar-refractivity contribution in [3.05, 3.63) is 0 Å². The van der Waals surface area contributed by atoms with Gasteiger partial charge in [-0.15, -0.1) is 0 Å². The van der Waals surface area contributed by atoms with Gasteiger partial charge in [-0.05, 0) is 25.2 Å². The summed E-state index contributed by atoms with van der Waals surface area (Å²) in [6, 6.07) is 0.0192. The normalized spacial score (nSPS) is 24.3. The molecule has 2 nitrogen and oxygen atoms in total. The van der Waals surface area contributed by atoms with Crippen LogP contribution in [0.5, 0.6) is 0 Å². The summed E-state index contributed by atoms with van der Waals surface area (Å²) in [5.74, 6) is 0.557. The maximum absolute atomic E-state index is 11.7. The van der Waals surface area contributed by atoms with E-state index in [2.05, 4.69) is 0 Å². The summed E-state index contributed by atoms with van der Waals surface area (Å²) < 4.78 is 11.7. The Hall–Kier alpha value is -0.150. The maximum atomic E-state index is 11.7. The molecule has 3 heteroatoms. The highest BCUT2D eigenvalue weighted by Crippen LogP contribution is 2.33. The van der Waals surface area contributed by atoms with Gasteiger partial charge >= 0.3 is 0 Å². The lowest BCUT2D eigenvalue weighted by Crippen LogP contribution is -2.28. The molecule has 2 unspecified atom stereocenters. The van der Waals surface area contributed by atoms with Crippen molar-refractivity contribution >= 4 is 0 Å². The molecule has 0 saturated heterocycles. The van der Waals surface area contributed by atoms with Crippen molar-refractivity contribution in [1.29, 1.82) is 0 Å². The molecule has 1 saturated carbocycles. The van der Waals surface area contributed by atoms with Gasteiger partial charge in [0.2, 0.25) is 0 Å². The van der Waals surface area contributed by atoms with Crippen LogP contribution < -0.4 is 5.73 Å². The number of aliphatic hydroxyl groups is 1. The molecule has 1 fully saturated rings. The Balaban J connectivity index is 2.10. The average Bonchev–Trinajstić information content (AvgIpc) is 2.68. The van der Waals surface area contributed by atoms with Gasteiger partial charge in [0.1, 0.15) is 6.67 Å². The quantitative estimate of drug-likeness (QED) is 0.606. The van der Waals surface area contributed by atoms with Crippen molar-refractivity contribution in [1.82, 2.24) is 0 Å². The number of halogens is 1. The summed E-state index contributed by atoms with van der Waals surface area (Å²) in [6.07, 6.45) is 1.89. The topological polar surface area (TPSA) is 46.2 Å². The van der Waals surface area contributed by atoms with Gasteiger partial charge in [0.05, 0.1) is 6.10 Å². The van der Waals surface area contributed by atoms with Gasteiger partial charge in [-0.3, -0.25) is 0 Å². The summed E-state index contributed by atoms with van der Waals surface area (Å²) in [5.41, 5.74) is 5.63. The number of aliphatic hydroxyl groups excluding tert-OH is 1. The van der Waals surface area contributed by atoms with E-state index < -0.39 is 12.8 Å². The summed E-state index contributed by atoms with van der Waals surface area (Å²) >= 11 is 0. The molecule has 1 rings (SSSR count). The lowest BCUT2D eigenvalue weighted by Gasteiger charge is -2.12. The van der Waals surface area contributed by atoms with Gasteiger partial charge < -0.3 is 10.8 Å². The minimum Gasteiger partial charge on any atom is -0.390 e.